The minimum absolute atomic E-state index is 0.641. The second-order valence-electron chi connectivity index (χ2n) is 4.90. The molecule has 2 aromatic carbocycles. The third kappa shape index (κ3) is 2.37. The van der Waals surface area contributed by atoms with Gasteiger partial charge in [0.15, 0.2) is 0 Å². The van der Waals surface area contributed by atoms with Crippen LogP contribution in [0.15, 0.2) is 40.9 Å². The van der Waals surface area contributed by atoms with E-state index in [1.165, 1.54) is 5.56 Å². The Kier molecular flexibility index (Phi) is 3.59. The molecule has 0 aliphatic heterocycles. The van der Waals surface area contributed by atoms with Crippen LogP contribution in [-0.2, 0) is 6.42 Å². The number of nitrogens with one attached hydrogen (secondary N) is 1. The molecule has 0 aliphatic carbocycles. The monoisotopic (exact) mass is 329 g/mol. The molecule has 1 aromatic heterocycles. The first-order valence-corrected chi connectivity index (χ1v) is 7.42. The topological polar surface area (TPSA) is 54.7 Å². The number of aromatic amines is 1. The zero-order valence-corrected chi connectivity index (χ0v) is 12.9. The average molecular weight is 330 g/mol. The van der Waals surface area contributed by atoms with Gasteiger partial charge in [-0.25, -0.2) is 4.98 Å². The zero-order valence-electron chi connectivity index (χ0n) is 11.3. The highest BCUT2D eigenvalue weighted by Crippen LogP contribution is 2.27. The number of rotatable bonds is 3. The molecule has 3 N–H and O–H groups in total. The van der Waals surface area contributed by atoms with Gasteiger partial charge < -0.3 is 10.7 Å². The summed E-state index contributed by atoms with van der Waals surface area (Å²) in [6.07, 6.45) is 0.857. The Balaban J connectivity index is 2.18. The van der Waals surface area contributed by atoms with Gasteiger partial charge in [0, 0.05) is 10.0 Å². The van der Waals surface area contributed by atoms with E-state index in [1.54, 1.807) is 0 Å². The zero-order chi connectivity index (χ0) is 14.1. The van der Waals surface area contributed by atoms with Crippen molar-refractivity contribution >= 4 is 27.0 Å². The Morgan fingerprint density at radius 3 is 2.85 bits per heavy atom. The third-order valence-electron chi connectivity index (χ3n) is 3.43. The van der Waals surface area contributed by atoms with Gasteiger partial charge in [-0.1, -0.05) is 40.2 Å². The van der Waals surface area contributed by atoms with Crippen molar-refractivity contribution in [2.45, 2.75) is 13.3 Å². The highest BCUT2D eigenvalue weighted by Gasteiger charge is 2.11. The maximum absolute atomic E-state index is 5.69. The molecule has 0 saturated heterocycles. The Morgan fingerprint density at radius 1 is 1.25 bits per heavy atom. The maximum Gasteiger partial charge on any atom is 0.138 e. The molecular weight excluding hydrogens is 314 g/mol. The van der Waals surface area contributed by atoms with Crippen LogP contribution in [0.4, 0.5) is 0 Å². The summed E-state index contributed by atoms with van der Waals surface area (Å²) in [4.78, 5) is 8.16. The Hall–Kier alpha value is -1.65. The minimum Gasteiger partial charge on any atom is -0.338 e. The number of imidazole rings is 1. The van der Waals surface area contributed by atoms with E-state index in [-0.39, 0.29) is 0 Å². The SMILES string of the molecule is Cc1cc(Br)cc2[nH]c(-c3ccccc3CCN)nc12. The van der Waals surface area contributed by atoms with Crippen molar-refractivity contribution in [2.75, 3.05) is 6.54 Å². The van der Waals surface area contributed by atoms with Crippen LogP contribution < -0.4 is 5.73 Å². The fraction of sp³-hybridized carbons (Fsp3) is 0.188. The largest absolute Gasteiger partial charge is 0.338 e. The quantitative estimate of drug-likeness (QED) is 0.767. The van der Waals surface area contributed by atoms with Crippen LogP contribution >= 0.6 is 15.9 Å². The van der Waals surface area contributed by atoms with Gasteiger partial charge in [-0.3, -0.25) is 0 Å². The van der Waals surface area contributed by atoms with Gasteiger partial charge >= 0.3 is 0 Å². The molecule has 3 aromatic rings. The summed E-state index contributed by atoms with van der Waals surface area (Å²) in [6, 6.07) is 12.4. The van der Waals surface area contributed by atoms with Crippen LogP contribution in [0, 0.1) is 6.92 Å². The number of benzene rings is 2. The second-order valence-corrected chi connectivity index (χ2v) is 5.82. The number of hydrogen-bond acceptors (Lipinski definition) is 2. The molecular formula is C16H16BrN3. The van der Waals surface area contributed by atoms with Crippen molar-refractivity contribution < 1.29 is 0 Å². The van der Waals surface area contributed by atoms with E-state index in [0.29, 0.717) is 6.54 Å². The molecule has 3 nitrogen and oxygen atoms in total. The van der Waals surface area contributed by atoms with Crippen LogP contribution in [-0.4, -0.2) is 16.5 Å². The van der Waals surface area contributed by atoms with Gasteiger partial charge in [-0.15, -0.1) is 0 Å². The first-order chi connectivity index (χ1) is 9.69. The van der Waals surface area contributed by atoms with Crippen molar-refractivity contribution in [3.05, 3.63) is 52.0 Å². The normalized spacial score (nSPS) is 11.2. The number of nitrogens with zero attached hydrogens (tertiary/aromatic N) is 1. The van der Waals surface area contributed by atoms with Crippen molar-refractivity contribution in [2.24, 2.45) is 5.73 Å². The lowest BCUT2D eigenvalue weighted by molar-refractivity contribution is 0.968. The van der Waals surface area contributed by atoms with Gasteiger partial charge in [0.2, 0.25) is 0 Å². The van der Waals surface area contributed by atoms with Gasteiger partial charge in [0.25, 0.3) is 0 Å². The van der Waals surface area contributed by atoms with Crippen molar-refractivity contribution in [1.82, 2.24) is 9.97 Å². The summed E-state index contributed by atoms with van der Waals surface area (Å²) in [6.45, 7) is 2.71. The van der Waals surface area contributed by atoms with Crippen LogP contribution in [0.5, 0.6) is 0 Å². The molecule has 3 rings (SSSR count). The molecule has 1 heterocycles. The Morgan fingerprint density at radius 2 is 2.05 bits per heavy atom. The molecule has 4 heteroatoms. The summed E-state index contributed by atoms with van der Waals surface area (Å²) < 4.78 is 1.06. The predicted molar refractivity (Wildman–Crippen MR) is 86.7 cm³/mol. The molecule has 0 atom stereocenters. The summed E-state index contributed by atoms with van der Waals surface area (Å²) in [5, 5.41) is 0. The standard InChI is InChI=1S/C16H16BrN3/c1-10-8-12(17)9-14-15(10)20-16(19-14)13-5-3-2-4-11(13)6-7-18/h2-5,8-9H,6-7,18H2,1H3,(H,19,20). The number of hydrogen-bond donors (Lipinski definition) is 2. The summed E-state index contributed by atoms with van der Waals surface area (Å²) in [5.41, 5.74) is 11.3. The first kappa shape index (κ1) is 13.3. The van der Waals surface area contributed by atoms with E-state index in [1.807, 2.05) is 12.1 Å². The second kappa shape index (κ2) is 5.38. The van der Waals surface area contributed by atoms with Crippen LogP contribution in [0.1, 0.15) is 11.1 Å². The van der Waals surface area contributed by atoms with E-state index in [4.69, 9.17) is 10.7 Å². The Bertz CT molecular complexity index is 762. The summed E-state index contributed by atoms with van der Waals surface area (Å²) >= 11 is 3.52. The summed E-state index contributed by atoms with van der Waals surface area (Å²) in [7, 11) is 0. The van der Waals surface area contributed by atoms with E-state index in [0.717, 1.165) is 38.9 Å². The lowest BCUT2D eigenvalue weighted by Crippen LogP contribution is -2.04. The molecule has 0 fully saturated rings. The molecule has 0 unspecified atom stereocenters. The number of H-pyrrole nitrogens is 1. The molecule has 0 aliphatic rings. The molecule has 0 spiro atoms. The fourth-order valence-electron chi connectivity index (χ4n) is 2.50. The van der Waals surface area contributed by atoms with E-state index in [2.05, 4.69) is 52.1 Å². The average Bonchev–Trinajstić information content (AvgIpc) is 2.83. The highest BCUT2D eigenvalue weighted by molar-refractivity contribution is 9.10. The molecule has 0 radical (unpaired) electrons. The van der Waals surface area contributed by atoms with E-state index < -0.39 is 0 Å². The number of halogens is 1. The molecule has 102 valence electrons. The maximum atomic E-state index is 5.69. The van der Waals surface area contributed by atoms with Crippen LogP contribution in [0.2, 0.25) is 0 Å². The van der Waals surface area contributed by atoms with Crippen molar-refractivity contribution in [3.63, 3.8) is 0 Å². The van der Waals surface area contributed by atoms with Crippen LogP contribution in [0.25, 0.3) is 22.4 Å². The third-order valence-corrected chi connectivity index (χ3v) is 3.89. The Labute approximate surface area is 126 Å². The lowest BCUT2D eigenvalue weighted by atomic mass is 10.0. The smallest absolute Gasteiger partial charge is 0.138 e. The van der Waals surface area contributed by atoms with Gasteiger partial charge in [0.05, 0.1) is 11.0 Å². The van der Waals surface area contributed by atoms with Gasteiger partial charge in [-0.05, 0) is 43.1 Å². The van der Waals surface area contributed by atoms with Crippen LogP contribution in [0.3, 0.4) is 0 Å². The minimum atomic E-state index is 0.641. The van der Waals surface area contributed by atoms with Gasteiger partial charge in [-0.2, -0.15) is 0 Å². The van der Waals surface area contributed by atoms with Gasteiger partial charge in [0.1, 0.15) is 5.82 Å². The predicted octanol–water partition coefficient (Wildman–Crippen LogP) is 3.80. The first-order valence-electron chi connectivity index (χ1n) is 6.63. The van der Waals surface area contributed by atoms with E-state index >= 15 is 0 Å². The molecule has 0 saturated carbocycles. The number of aromatic nitrogens is 2. The fourth-order valence-corrected chi connectivity index (χ4v) is 3.07. The highest BCUT2D eigenvalue weighted by atomic mass is 79.9. The van der Waals surface area contributed by atoms with Crippen molar-refractivity contribution in [3.8, 4) is 11.4 Å². The molecule has 20 heavy (non-hydrogen) atoms. The number of nitrogens with two attached hydrogens (primary N) is 1. The summed E-state index contributed by atoms with van der Waals surface area (Å²) in [5.74, 6) is 0.908. The van der Waals surface area contributed by atoms with Crippen molar-refractivity contribution in [1.29, 1.82) is 0 Å². The number of aryl methyl sites for hydroxylation is 1. The van der Waals surface area contributed by atoms with E-state index in [9.17, 15) is 0 Å². The lowest BCUT2D eigenvalue weighted by Gasteiger charge is -2.05. The number of fused-ring (bicyclic) bond motifs is 1. The molecule has 0 amide bonds. The molecule has 0 bridgehead atoms.